The molecule has 1 aromatic heterocycles. The van der Waals surface area contributed by atoms with Crippen molar-refractivity contribution in [3.63, 3.8) is 0 Å². The molecule has 2 rings (SSSR count). The van der Waals surface area contributed by atoms with E-state index in [0.717, 1.165) is 0 Å². The van der Waals surface area contributed by atoms with Gasteiger partial charge in [-0.1, -0.05) is 6.07 Å². The van der Waals surface area contributed by atoms with Crippen LogP contribution in [0.3, 0.4) is 0 Å². The van der Waals surface area contributed by atoms with Crippen molar-refractivity contribution < 1.29 is 23.1 Å². The second-order valence-corrected chi connectivity index (χ2v) is 7.23. The number of ketones is 1. The van der Waals surface area contributed by atoms with Crippen LogP contribution in [-0.4, -0.2) is 31.1 Å². The molecule has 7 heteroatoms. The Morgan fingerprint density at radius 3 is 2.24 bits per heavy atom. The maximum atomic E-state index is 12.6. The first-order chi connectivity index (χ1) is 12.0. The first-order valence-corrected chi connectivity index (χ1v) is 9.77. The van der Waals surface area contributed by atoms with Gasteiger partial charge in [0.15, 0.2) is 0 Å². The fraction of sp³-hybridized carbons (Fsp3) is 0.333. The highest BCUT2D eigenvalue weighted by Crippen LogP contribution is 2.50. The van der Waals surface area contributed by atoms with Gasteiger partial charge in [-0.15, -0.1) is 0 Å². The average Bonchev–Trinajstić information content (AvgIpc) is 2.61. The minimum Gasteiger partial charge on any atom is -0.497 e. The molecule has 6 nitrogen and oxygen atoms in total. The van der Waals surface area contributed by atoms with Crippen molar-refractivity contribution in [2.75, 3.05) is 20.3 Å². The molecule has 0 fully saturated rings. The molecule has 2 aromatic rings. The molecule has 0 unspecified atom stereocenters. The fourth-order valence-corrected chi connectivity index (χ4v) is 3.92. The highest BCUT2D eigenvalue weighted by Gasteiger charge is 2.25. The Morgan fingerprint density at radius 1 is 1.04 bits per heavy atom. The Morgan fingerprint density at radius 2 is 1.68 bits per heavy atom. The van der Waals surface area contributed by atoms with E-state index in [-0.39, 0.29) is 30.9 Å². The van der Waals surface area contributed by atoms with Crippen molar-refractivity contribution >= 4 is 13.4 Å². The van der Waals surface area contributed by atoms with Crippen molar-refractivity contribution in [1.29, 1.82) is 0 Å². The summed E-state index contributed by atoms with van der Waals surface area (Å²) in [6, 6.07) is 11.8. The quantitative estimate of drug-likeness (QED) is 0.493. The summed E-state index contributed by atoms with van der Waals surface area (Å²) in [5.74, 6) is 0.458. The van der Waals surface area contributed by atoms with Crippen molar-refractivity contribution in [2.24, 2.45) is 0 Å². The van der Waals surface area contributed by atoms with Crippen molar-refractivity contribution in [3.8, 4) is 5.75 Å². The molecule has 0 bridgehead atoms. The number of methoxy groups -OCH3 is 1. The van der Waals surface area contributed by atoms with E-state index in [1.165, 1.54) is 0 Å². The van der Waals surface area contributed by atoms with Gasteiger partial charge in [0.2, 0.25) is 5.78 Å². The van der Waals surface area contributed by atoms with E-state index >= 15 is 0 Å². The first kappa shape index (κ1) is 19.3. The number of aromatic nitrogens is 1. The Hall–Kier alpha value is -2.01. The smallest absolute Gasteiger partial charge is 0.336 e. The zero-order valence-corrected chi connectivity index (χ0v) is 15.5. The Kier molecular flexibility index (Phi) is 6.88. The number of carbonyl (C=O) groups excluding carboxylic acids is 1. The molecule has 1 aromatic carbocycles. The SMILES string of the molecule is CCOP(=O)(Cc1cccc(C(=O)c2ccc(OC)cc2)n1)OCC. The summed E-state index contributed by atoms with van der Waals surface area (Å²) in [5, 5.41) is 0. The normalized spacial score (nSPS) is 11.3. The lowest BCUT2D eigenvalue weighted by atomic mass is 10.1. The van der Waals surface area contributed by atoms with Crippen LogP contribution in [0.25, 0.3) is 0 Å². The highest BCUT2D eigenvalue weighted by atomic mass is 31.2. The van der Waals surface area contributed by atoms with Crippen molar-refractivity contribution in [1.82, 2.24) is 4.98 Å². The van der Waals surface area contributed by atoms with Gasteiger partial charge in [0.25, 0.3) is 0 Å². The van der Waals surface area contributed by atoms with E-state index in [2.05, 4.69) is 4.98 Å². The summed E-state index contributed by atoms with van der Waals surface area (Å²) >= 11 is 0. The van der Waals surface area contributed by atoms with Crippen LogP contribution in [-0.2, 0) is 19.8 Å². The van der Waals surface area contributed by atoms with Crippen LogP contribution in [0.2, 0.25) is 0 Å². The fourth-order valence-electron chi connectivity index (χ4n) is 2.30. The van der Waals surface area contributed by atoms with E-state index in [9.17, 15) is 9.36 Å². The van der Waals surface area contributed by atoms with Gasteiger partial charge < -0.3 is 13.8 Å². The lowest BCUT2D eigenvalue weighted by molar-refractivity contribution is 0.103. The van der Waals surface area contributed by atoms with Crippen LogP contribution in [0.1, 0.15) is 35.6 Å². The predicted octanol–water partition coefficient (Wildman–Crippen LogP) is 4.09. The Bertz CT molecular complexity index is 750. The van der Waals surface area contributed by atoms with E-state index in [0.29, 0.717) is 17.0 Å². The van der Waals surface area contributed by atoms with Crippen LogP contribution in [0, 0.1) is 0 Å². The maximum Gasteiger partial charge on any atom is 0.336 e. The first-order valence-electron chi connectivity index (χ1n) is 8.04. The number of benzene rings is 1. The summed E-state index contributed by atoms with van der Waals surface area (Å²) in [7, 11) is -1.70. The van der Waals surface area contributed by atoms with Gasteiger partial charge in [0.1, 0.15) is 11.4 Å². The Balaban J connectivity index is 2.22. The van der Waals surface area contributed by atoms with Crippen LogP contribution in [0.4, 0.5) is 0 Å². The van der Waals surface area contributed by atoms with Gasteiger partial charge >= 0.3 is 7.60 Å². The molecule has 0 amide bonds. The molecule has 0 saturated carbocycles. The molecule has 0 N–H and O–H groups in total. The molecule has 25 heavy (non-hydrogen) atoms. The van der Waals surface area contributed by atoms with Gasteiger partial charge in [0, 0.05) is 5.56 Å². The van der Waals surface area contributed by atoms with Gasteiger partial charge in [-0.05, 0) is 50.2 Å². The standard InChI is InChI=1S/C18H22NO5P/c1-4-23-25(21,24-5-2)13-15-7-6-8-17(19-15)18(20)14-9-11-16(22-3)12-10-14/h6-12H,4-5,13H2,1-3H3. The van der Waals surface area contributed by atoms with E-state index in [4.69, 9.17) is 13.8 Å². The third kappa shape index (κ3) is 5.23. The van der Waals surface area contributed by atoms with E-state index in [1.807, 2.05) is 0 Å². The minimum atomic E-state index is -3.26. The Labute approximate surface area is 147 Å². The maximum absolute atomic E-state index is 12.6. The van der Waals surface area contributed by atoms with Crippen molar-refractivity contribution in [3.05, 3.63) is 59.4 Å². The number of rotatable bonds is 9. The summed E-state index contributed by atoms with van der Waals surface area (Å²) in [6.45, 7) is 4.06. The number of hydrogen-bond acceptors (Lipinski definition) is 6. The van der Waals surface area contributed by atoms with Crippen LogP contribution in [0.5, 0.6) is 5.75 Å². The monoisotopic (exact) mass is 363 g/mol. The number of ether oxygens (including phenoxy) is 1. The molecule has 0 spiro atoms. The van der Waals surface area contributed by atoms with Crippen LogP contribution < -0.4 is 4.74 Å². The van der Waals surface area contributed by atoms with Crippen molar-refractivity contribution in [2.45, 2.75) is 20.0 Å². The predicted molar refractivity (Wildman–Crippen MR) is 95.2 cm³/mol. The molecule has 0 aliphatic rings. The molecule has 1 heterocycles. The topological polar surface area (TPSA) is 74.7 Å². The summed E-state index contributed by atoms with van der Waals surface area (Å²) in [4.78, 5) is 16.9. The van der Waals surface area contributed by atoms with Gasteiger partial charge in [-0.25, -0.2) is 4.98 Å². The molecule has 0 radical (unpaired) electrons. The van der Waals surface area contributed by atoms with E-state index < -0.39 is 7.60 Å². The number of carbonyl (C=O) groups is 1. The van der Waals surface area contributed by atoms with Gasteiger partial charge in [0.05, 0.1) is 32.2 Å². The highest BCUT2D eigenvalue weighted by molar-refractivity contribution is 7.53. The minimum absolute atomic E-state index is 0.0262. The lowest BCUT2D eigenvalue weighted by Crippen LogP contribution is -2.07. The zero-order chi connectivity index (χ0) is 18.3. The number of nitrogens with zero attached hydrogens (tertiary/aromatic N) is 1. The molecule has 0 aliphatic carbocycles. The number of pyridine rings is 1. The van der Waals surface area contributed by atoms with Crippen LogP contribution >= 0.6 is 7.60 Å². The molecule has 134 valence electrons. The molecular formula is C18H22NO5P. The summed E-state index contributed by atoms with van der Waals surface area (Å²) < 4.78 is 28.3. The summed E-state index contributed by atoms with van der Waals surface area (Å²) in [5.41, 5.74) is 1.27. The summed E-state index contributed by atoms with van der Waals surface area (Å²) in [6.07, 6.45) is 0.0262. The molecular weight excluding hydrogens is 341 g/mol. The molecule has 0 aliphatic heterocycles. The largest absolute Gasteiger partial charge is 0.497 e. The zero-order valence-electron chi connectivity index (χ0n) is 14.6. The van der Waals surface area contributed by atoms with Gasteiger partial charge in [-0.2, -0.15) is 0 Å². The average molecular weight is 363 g/mol. The van der Waals surface area contributed by atoms with Crippen LogP contribution in [0.15, 0.2) is 42.5 Å². The second-order valence-electron chi connectivity index (χ2n) is 5.18. The number of hydrogen-bond donors (Lipinski definition) is 0. The molecule has 0 saturated heterocycles. The third-order valence-corrected chi connectivity index (χ3v) is 5.41. The second kappa shape index (κ2) is 8.90. The third-order valence-electron chi connectivity index (χ3n) is 3.40. The lowest BCUT2D eigenvalue weighted by Gasteiger charge is -2.16. The molecule has 0 atom stereocenters. The van der Waals surface area contributed by atoms with Gasteiger partial charge in [-0.3, -0.25) is 9.36 Å². The van der Waals surface area contributed by atoms with E-state index in [1.54, 1.807) is 63.4 Å².